The lowest BCUT2D eigenvalue weighted by Crippen LogP contribution is -2.29. The fourth-order valence-electron chi connectivity index (χ4n) is 1.67. The van der Waals surface area contributed by atoms with Gasteiger partial charge in [-0.25, -0.2) is 0 Å². The number of hydrogen-bond donors (Lipinski definition) is 1. The van der Waals surface area contributed by atoms with Gasteiger partial charge in [0, 0.05) is 23.8 Å². The van der Waals surface area contributed by atoms with Crippen molar-refractivity contribution in [1.82, 2.24) is 10.3 Å². The lowest BCUT2D eigenvalue weighted by atomic mass is 10.2. The molecule has 0 aliphatic carbocycles. The molecule has 0 radical (unpaired) electrons. The van der Waals surface area contributed by atoms with E-state index in [4.69, 9.17) is 0 Å². The van der Waals surface area contributed by atoms with Crippen LogP contribution in [0.5, 0.6) is 0 Å². The SMILES string of the molecule is O=CC(NCCc1ccncc1)Sc1ccccc1. The molecule has 1 aromatic carbocycles. The molecule has 0 saturated carbocycles. The number of benzene rings is 1. The van der Waals surface area contributed by atoms with Gasteiger partial charge in [0.2, 0.25) is 0 Å². The third kappa shape index (κ3) is 4.85. The molecule has 0 fully saturated rings. The van der Waals surface area contributed by atoms with Crippen LogP contribution < -0.4 is 5.32 Å². The molecule has 2 aromatic rings. The minimum absolute atomic E-state index is 0.204. The molecular formula is C15H16N2OS. The number of nitrogens with zero attached hydrogens (tertiary/aromatic N) is 1. The molecule has 1 atom stereocenters. The first kappa shape index (κ1) is 13.8. The summed E-state index contributed by atoms with van der Waals surface area (Å²) in [7, 11) is 0. The first-order valence-corrected chi connectivity index (χ1v) is 7.06. The Labute approximate surface area is 117 Å². The number of aromatic nitrogens is 1. The number of nitrogens with one attached hydrogen (secondary N) is 1. The minimum atomic E-state index is -0.204. The molecule has 0 aliphatic rings. The van der Waals surface area contributed by atoms with Crippen LogP contribution in [-0.2, 0) is 11.2 Å². The zero-order valence-corrected chi connectivity index (χ0v) is 11.3. The summed E-state index contributed by atoms with van der Waals surface area (Å²) < 4.78 is 0. The summed E-state index contributed by atoms with van der Waals surface area (Å²) in [5.41, 5.74) is 1.22. The molecule has 4 heteroatoms. The van der Waals surface area contributed by atoms with Crippen LogP contribution in [0.1, 0.15) is 5.56 Å². The molecule has 19 heavy (non-hydrogen) atoms. The van der Waals surface area contributed by atoms with Crippen molar-refractivity contribution in [2.45, 2.75) is 16.7 Å². The Morgan fingerprint density at radius 2 is 1.89 bits per heavy atom. The number of aldehydes is 1. The van der Waals surface area contributed by atoms with Gasteiger partial charge in [0.15, 0.2) is 0 Å². The van der Waals surface area contributed by atoms with E-state index in [-0.39, 0.29) is 5.37 Å². The molecule has 0 amide bonds. The quantitative estimate of drug-likeness (QED) is 0.478. The third-order valence-electron chi connectivity index (χ3n) is 2.64. The summed E-state index contributed by atoms with van der Waals surface area (Å²) in [6, 6.07) is 13.9. The highest BCUT2D eigenvalue weighted by atomic mass is 32.2. The van der Waals surface area contributed by atoms with Crippen molar-refractivity contribution < 1.29 is 4.79 Å². The van der Waals surface area contributed by atoms with E-state index in [0.29, 0.717) is 0 Å². The van der Waals surface area contributed by atoms with Gasteiger partial charge < -0.3 is 4.79 Å². The summed E-state index contributed by atoms with van der Waals surface area (Å²) in [6.45, 7) is 0.771. The molecule has 98 valence electrons. The van der Waals surface area contributed by atoms with Crippen LogP contribution in [0.25, 0.3) is 0 Å². The standard InChI is InChI=1S/C15H16N2OS/c18-12-15(19-14-4-2-1-3-5-14)17-11-8-13-6-9-16-10-7-13/h1-7,9-10,12,15,17H,8,11H2. The summed E-state index contributed by atoms with van der Waals surface area (Å²) >= 11 is 1.53. The monoisotopic (exact) mass is 272 g/mol. The topological polar surface area (TPSA) is 42.0 Å². The normalized spacial score (nSPS) is 12.0. The lowest BCUT2D eigenvalue weighted by Gasteiger charge is -2.12. The van der Waals surface area contributed by atoms with Crippen molar-refractivity contribution in [1.29, 1.82) is 0 Å². The average Bonchev–Trinajstić information content (AvgIpc) is 2.48. The van der Waals surface area contributed by atoms with Crippen LogP contribution in [0.2, 0.25) is 0 Å². The van der Waals surface area contributed by atoms with E-state index < -0.39 is 0 Å². The van der Waals surface area contributed by atoms with Crippen LogP contribution >= 0.6 is 11.8 Å². The van der Waals surface area contributed by atoms with Crippen LogP contribution in [-0.4, -0.2) is 23.2 Å². The highest BCUT2D eigenvalue weighted by molar-refractivity contribution is 8.00. The zero-order valence-electron chi connectivity index (χ0n) is 10.5. The van der Waals surface area contributed by atoms with Crippen LogP contribution in [0.15, 0.2) is 59.8 Å². The molecule has 2 rings (SSSR count). The number of pyridine rings is 1. The predicted octanol–water partition coefficient (Wildman–Crippen LogP) is 2.53. The van der Waals surface area contributed by atoms with Gasteiger partial charge in [0.05, 0.1) is 0 Å². The maximum absolute atomic E-state index is 11.1. The molecule has 0 saturated heterocycles. The van der Waals surface area contributed by atoms with E-state index in [2.05, 4.69) is 10.3 Å². The van der Waals surface area contributed by atoms with Crippen molar-refractivity contribution in [3.8, 4) is 0 Å². The average molecular weight is 272 g/mol. The first-order chi connectivity index (χ1) is 9.38. The molecular weight excluding hydrogens is 256 g/mol. The Morgan fingerprint density at radius 3 is 2.58 bits per heavy atom. The second-order valence-corrected chi connectivity index (χ2v) is 5.26. The Bertz CT molecular complexity index is 490. The molecule has 0 aliphatic heterocycles. The van der Waals surface area contributed by atoms with Crippen LogP contribution in [0, 0.1) is 0 Å². The third-order valence-corrected chi connectivity index (χ3v) is 3.71. The molecule has 3 nitrogen and oxygen atoms in total. The van der Waals surface area contributed by atoms with Crippen molar-refractivity contribution in [3.63, 3.8) is 0 Å². The molecule has 0 spiro atoms. The summed E-state index contributed by atoms with van der Waals surface area (Å²) in [6.07, 6.45) is 5.41. The van der Waals surface area contributed by atoms with Gasteiger partial charge in [0.1, 0.15) is 11.7 Å². The summed E-state index contributed by atoms with van der Waals surface area (Å²) in [5.74, 6) is 0. The Balaban J connectivity index is 1.78. The Kier molecular flexibility index (Phi) is 5.59. The van der Waals surface area contributed by atoms with Crippen molar-refractivity contribution >= 4 is 18.0 Å². The fourth-order valence-corrected chi connectivity index (χ4v) is 2.54. The van der Waals surface area contributed by atoms with Crippen LogP contribution in [0.3, 0.4) is 0 Å². The van der Waals surface area contributed by atoms with Gasteiger partial charge in [-0.2, -0.15) is 0 Å². The van der Waals surface area contributed by atoms with Crippen molar-refractivity contribution in [2.75, 3.05) is 6.54 Å². The molecule has 1 aromatic heterocycles. The second-order valence-electron chi connectivity index (χ2n) is 4.05. The number of rotatable bonds is 7. The van der Waals surface area contributed by atoms with Crippen LogP contribution in [0.4, 0.5) is 0 Å². The second kappa shape index (κ2) is 7.71. The van der Waals surface area contributed by atoms with E-state index in [1.165, 1.54) is 17.3 Å². The highest BCUT2D eigenvalue weighted by Gasteiger charge is 2.07. The Hall–Kier alpha value is -1.65. The maximum Gasteiger partial charge on any atom is 0.147 e. The smallest absolute Gasteiger partial charge is 0.147 e. The van der Waals surface area contributed by atoms with E-state index in [9.17, 15) is 4.79 Å². The molecule has 0 bridgehead atoms. The largest absolute Gasteiger partial charge is 0.301 e. The highest BCUT2D eigenvalue weighted by Crippen LogP contribution is 2.20. The van der Waals surface area contributed by atoms with Gasteiger partial charge in [-0.05, 0) is 36.2 Å². The molecule has 1 N–H and O–H groups in total. The number of hydrogen-bond acceptors (Lipinski definition) is 4. The summed E-state index contributed by atoms with van der Waals surface area (Å²) in [5, 5.41) is 3.04. The Morgan fingerprint density at radius 1 is 1.16 bits per heavy atom. The first-order valence-electron chi connectivity index (χ1n) is 6.18. The fraction of sp³-hybridized carbons (Fsp3) is 0.200. The van der Waals surface area contributed by atoms with E-state index >= 15 is 0 Å². The zero-order chi connectivity index (χ0) is 13.3. The van der Waals surface area contributed by atoms with Crippen molar-refractivity contribution in [2.24, 2.45) is 0 Å². The number of thioether (sulfide) groups is 1. The number of carbonyl (C=O) groups excluding carboxylic acids is 1. The summed E-state index contributed by atoms with van der Waals surface area (Å²) in [4.78, 5) is 16.1. The van der Waals surface area contributed by atoms with E-state index in [1.54, 1.807) is 12.4 Å². The molecule has 1 unspecified atom stereocenters. The van der Waals surface area contributed by atoms with Crippen molar-refractivity contribution in [3.05, 3.63) is 60.4 Å². The van der Waals surface area contributed by atoms with Gasteiger partial charge in [-0.15, -0.1) is 0 Å². The van der Waals surface area contributed by atoms with Gasteiger partial charge >= 0.3 is 0 Å². The molecule has 1 heterocycles. The lowest BCUT2D eigenvalue weighted by molar-refractivity contribution is -0.107. The van der Waals surface area contributed by atoms with E-state index in [0.717, 1.165) is 24.1 Å². The van der Waals surface area contributed by atoms with E-state index in [1.807, 2.05) is 42.5 Å². The predicted molar refractivity (Wildman–Crippen MR) is 78.1 cm³/mol. The van der Waals surface area contributed by atoms with Gasteiger partial charge in [0.25, 0.3) is 0 Å². The minimum Gasteiger partial charge on any atom is -0.301 e. The maximum atomic E-state index is 11.1. The number of carbonyl (C=O) groups is 1. The van der Waals surface area contributed by atoms with Gasteiger partial charge in [-0.3, -0.25) is 10.3 Å². The van der Waals surface area contributed by atoms with Gasteiger partial charge in [-0.1, -0.05) is 30.0 Å².